The number of aromatic nitrogens is 2. The largest absolute Gasteiger partial charge is 0.394 e. The van der Waals surface area contributed by atoms with E-state index in [4.69, 9.17) is 5.73 Å². The van der Waals surface area contributed by atoms with E-state index in [9.17, 15) is 0 Å². The van der Waals surface area contributed by atoms with Gasteiger partial charge in [0.15, 0.2) is 0 Å². The lowest BCUT2D eigenvalue weighted by atomic mass is 10.2. The van der Waals surface area contributed by atoms with Gasteiger partial charge in [-0.3, -0.25) is 4.68 Å². The summed E-state index contributed by atoms with van der Waals surface area (Å²) in [5.41, 5.74) is 8.08. The van der Waals surface area contributed by atoms with Gasteiger partial charge in [0.2, 0.25) is 0 Å². The van der Waals surface area contributed by atoms with Crippen LogP contribution in [0.1, 0.15) is 38.3 Å². The van der Waals surface area contributed by atoms with Gasteiger partial charge < -0.3 is 10.6 Å². The van der Waals surface area contributed by atoms with Gasteiger partial charge in [-0.1, -0.05) is 19.8 Å². The van der Waals surface area contributed by atoms with Gasteiger partial charge >= 0.3 is 0 Å². The minimum Gasteiger partial charge on any atom is -0.394 e. The predicted octanol–water partition coefficient (Wildman–Crippen LogP) is 1.95. The molecule has 2 N–H and O–H groups in total. The van der Waals surface area contributed by atoms with Crippen molar-refractivity contribution in [1.82, 2.24) is 9.78 Å². The molecule has 16 heavy (non-hydrogen) atoms. The van der Waals surface area contributed by atoms with E-state index >= 15 is 0 Å². The molecule has 4 nitrogen and oxygen atoms in total. The molecule has 0 atom stereocenters. The van der Waals surface area contributed by atoms with Gasteiger partial charge in [-0.05, 0) is 19.3 Å². The molecule has 0 unspecified atom stereocenters. The Balaban J connectivity index is 2.27. The molecule has 0 spiro atoms. The summed E-state index contributed by atoms with van der Waals surface area (Å²) in [5, 5.41) is 4.48. The molecule has 0 aromatic carbocycles. The number of nitrogen functional groups attached to an aromatic ring is 1. The maximum Gasteiger partial charge on any atom is 0.150 e. The molecule has 1 aromatic heterocycles. The first-order valence-electron chi connectivity index (χ1n) is 6.30. The molecule has 0 radical (unpaired) electrons. The summed E-state index contributed by atoms with van der Waals surface area (Å²) in [6.07, 6.45) is 6.13. The highest BCUT2D eigenvalue weighted by Gasteiger charge is 2.19. The smallest absolute Gasteiger partial charge is 0.150 e. The van der Waals surface area contributed by atoms with Crippen LogP contribution in [0.15, 0.2) is 0 Å². The standard InChI is InChI=1S/C12H22N4/c1-3-10-11(13)12(15(2)14-10)16-8-6-4-5-7-9-16/h3-9,13H2,1-2H3. The lowest BCUT2D eigenvalue weighted by Gasteiger charge is -2.22. The summed E-state index contributed by atoms with van der Waals surface area (Å²) < 4.78 is 1.94. The molecule has 1 aliphatic heterocycles. The summed E-state index contributed by atoms with van der Waals surface area (Å²) >= 11 is 0. The van der Waals surface area contributed by atoms with E-state index in [1.807, 2.05) is 11.7 Å². The van der Waals surface area contributed by atoms with Gasteiger partial charge in [-0.2, -0.15) is 5.10 Å². The van der Waals surface area contributed by atoms with Crippen molar-refractivity contribution in [3.05, 3.63) is 5.69 Å². The van der Waals surface area contributed by atoms with Crippen molar-refractivity contribution in [2.75, 3.05) is 23.7 Å². The van der Waals surface area contributed by atoms with E-state index in [1.54, 1.807) is 0 Å². The van der Waals surface area contributed by atoms with Crippen molar-refractivity contribution in [2.24, 2.45) is 7.05 Å². The number of nitrogens with two attached hydrogens (primary N) is 1. The third-order valence-electron chi connectivity index (χ3n) is 3.37. The van der Waals surface area contributed by atoms with E-state index in [2.05, 4.69) is 16.9 Å². The lowest BCUT2D eigenvalue weighted by Crippen LogP contribution is -2.26. The highest BCUT2D eigenvalue weighted by atomic mass is 15.4. The first-order chi connectivity index (χ1) is 7.74. The molecule has 1 aromatic rings. The molecule has 0 aliphatic carbocycles. The second-order valence-electron chi connectivity index (χ2n) is 4.56. The molecule has 0 amide bonds. The summed E-state index contributed by atoms with van der Waals surface area (Å²) in [7, 11) is 2.00. The zero-order valence-corrected chi connectivity index (χ0v) is 10.4. The molecule has 2 heterocycles. The highest BCUT2D eigenvalue weighted by molar-refractivity contribution is 5.66. The van der Waals surface area contributed by atoms with Crippen LogP contribution in [-0.4, -0.2) is 22.9 Å². The number of nitrogens with zero attached hydrogens (tertiary/aromatic N) is 3. The third-order valence-corrected chi connectivity index (χ3v) is 3.37. The fraction of sp³-hybridized carbons (Fsp3) is 0.750. The summed E-state index contributed by atoms with van der Waals surface area (Å²) in [4.78, 5) is 2.40. The Morgan fingerprint density at radius 1 is 1.19 bits per heavy atom. The fourth-order valence-electron chi connectivity index (χ4n) is 2.50. The van der Waals surface area contributed by atoms with Crippen LogP contribution in [0, 0.1) is 0 Å². The van der Waals surface area contributed by atoms with Crippen molar-refractivity contribution in [3.8, 4) is 0 Å². The number of anilines is 2. The SMILES string of the molecule is CCc1nn(C)c(N2CCCCCC2)c1N. The molecular formula is C12H22N4. The Bertz CT molecular complexity index is 348. The maximum atomic E-state index is 6.17. The zero-order valence-electron chi connectivity index (χ0n) is 10.4. The highest BCUT2D eigenvalue weighted by Crippen LogP contribution is 2.28. The Kier molecular flexibility index (Phi) is 3.36. The first-order valence-corrected chi connectivity index (χ1v) is 6.30. The number of rotatable bonds is 2. The third kappa shape index (κ3) is 2.01. The lowest BCUT2D eigenvalue weighted by molar-refractivity contribution is 0.694. The Morgan fingerprint density at radius 3 is 2.31 bits per heavy atom. The van der Waals surface area contributed by atoms with Crippen molar-refractivity contribution in [2.45, 2.75) is 39.0 Å². The predicted molar refractivity (Wildman–Crippen MR) is 67.7 cm³/mol. The van der Waals surface area contributed by atoms with Crippen LogP contribution in [0.3, 0.4) is 0 Å². The molecule has 2 rings (SSSR count). The first kappa shape index (κ1) is 11.3. The molecule has 1 fully saturated rings. The normalized spacial score (nSPS) is 17.5. The van der Waals surface area contributed by atoms with Crippen molar-refractivity contribution < 1.29 is 0 Å². The molecule has 0 saturated carbocycles. The zero-order chi connectivity index (χ0) is 11.5. The van der Waals surface area contributed by atoms with Crippen molar-refractivity contribution in [1.29, 1.82) is 0 Å². The molecule has 0 bridgehead atoms. The van der Waals surface area contributed by atoms with Crippen LogP contribution in [0.2, 0.25) is 0 Å². The number of aryl methyl sites for hydroxylation is 2. The van der Waals surface area contributed by atoms with Crippen LogP contribution in [-0.2, 0) is 13.5 Å². The van der Waals surface area contributed by atoms with Crippen molar-refractivity contribution >= 4 is 11.5 Å². The van der Waals surface area contributed by atoms with E-state index < -0.39 is 0 Å². The molecular weight excluding hydrogens is 200 g/mol. The Morgan fingerprint density at radius 2 is 1.81 bits per heavy atom. The van der Waals surface area contributed by atoms with E-state index in [0.29, 0.717) is 0 Å². The Labute approximate surface area is 97.4 Å². The quantitative estimate of drug-likeness (QED) is 0.832. The van der Waals surface area contributed by atoms with Gasteiger partial charge in [-0.25, -0.2) is 0 Å². The number of hydrogen-bond acceptors (Lipinski definition) is 3. The van der Waals surface area contributed by atoms with Gasteiger partial charge in [-0.15, -0.1) is 0 Å². The van der Waals surface area contributed by atoms with E-state index in [0.717, 1.165) is 36.7 Å². The second-order valence-corrected chi connectivity index (χ2v) is 4.56. The summed E-state index contributed by atoms with van der Waals surface area (Å²) in [5.74, 6) is 1.12. The number of hydrogen-bond donors (Lipinski definition) is 1. The summed E-state index contributed by atoms with van der Waals surface area (Å²) in [6.45, 7) is 4.34. The maximum absolute atomic E-state index is 6.17. The van der Waals surface area contributed by atoms with Gasteiger partial charge in [0.25, 0.3) is 0 Å². The molecule has 1 aliphatic rings. The molecule has 90 valence electrons. The fourth-order valence-corrected chi connectivity index (χ4v) is 2.50. The van der Waals surface area contributed by atoms with Crippen LogP contribution in [0.25, 0.3) is 0 Å². The molecule has 4 heteroatoms. The monoisotopic (exact) mass is 222 g/mol. The van der Waals surface area contributed by atoms with E-state index in [1.165, 1.54) is 25.7 Å². The van der Waals surface area contributed by atoms with Crippen LogP contribution in [0.5, 0.6) is 0 Å². The van der Waals surface area contributed by atoms with Crippen LogP contribution in [0.4, 0.5) is 11.5 Å². The minimum absolute atomic E-state index is 0.881. The van der Waals surface area contributed by atoms with Crippen LogP contribution >= 0.6 is 0 Å². The van der Waals surface area contributed by atoms with Crippen LogP contribution < -0.4 is 10.6 Å². The Hall–Kier alpha value is -1.19. The van der Waals surface area contributed by atoms with E-state index in [-0.39, 0.29) is 0 Å². The molecule has 1 saturated heterocycles. The summed E-state index contributed by atoms with van der Waals surface area (Å²) in [6, 6.07) is 0. The minimum atomic E-state index is 0.881. The average molecular weight is 222 g/mol. The topological polar surface area (TPSA) is 47.1 Å². The van der Waals surface area contributed by atoms with Gasteiger partial charge in [0.1, 0.15) is 5.82 Å². The second kappa shape index (κ2) is 4.76. The average Bonchev–Trinajstić information content (AvgIpc) is 2.49. The van der Waals surface area contributed by atoms with Gasteiger partial charge in [0, 0.05) is 20.1 Å². The van der Waals surface area contributed by atoms with Crippen molar-refractivity contribution in [3.63, 3.8) is 0 Å². The van der Waals surface area contributed by atoms with Gasteiger partial charge in [0.05, 0.1) is 11.4 Å².